The molecule has 1 aromatic carbocycles. The number of halogens is 1. The van der Waals surface area contributed by atoms with E-state index in [0.29, 0.717) is 11.4 Å². The third-order valence-electron chi connectivity index (χ3n) is 2.81. The van der Waals surface area contributed by atoms with E-state index in [1.54, 1.807) is 19.2 Å². The number of hydrogen-bond donors (Lipinski definition) is 1. The SMILES string of the molecule is COC(C)(C)CCC(O)c1cccc(Cl)c1. The second kappa shape index (κ2) is 5.67. The minimum Gasteiger partial charge on any atom is -0.388 e. The minimum atomic E-state index is -0.479. The van der Waals surface area contributed by atoms with Crippen LogP contribution in [0, 0.1) is 0 Å². The van der Waals surface area contributed by atoms with Crippen LogP contribution in [0.5, 0.6) is 0 Å². The lowest BCUT2D eigenvalue weighted by molar-refractivity contribution is 0.00279. The van der Waals surface area contributed by atoms with Crippen LogP contribution in [-0.4, -0.2) is 17.8 Å². The van der Waals surface area contributed by atoms with Gasteiger partial charge in [0.1, 0.15) is 0 Å². The average Bonchev–Trinajstić information content (AvgIpc) is 2.26. The second-order valence-corrected chi connectivity index (χ2v) is 5.01. The maximum absolute atomic E-state index is 9.99. The smallest absolute Gasteiger partial charge is 0.0791 e. The Morgan fingerprint density at radius 2 is 2.12 bits per heavy atom. The Balaban J connectivity index is 2.56. The van der Waals surface area contributed by atoms with Gasteiger partial charge in [-0.3, -0.25) is 0 Å². The van der Waals surface area contributed by atoms with Crippen LogP contribution in [-0.2, 0) is 4.74 Å². The van der Waals surface area contributed by atoms with E-state index in [4.69, 9.17) is 16.3 Å². The zero-order chi connectivity index (χ0) is 12.2. The van der Waals surface area contributed by atoms with Crippen molar-refractivity contribution in [3.63, 3.8) is 0 Å². The van der Waals surface area contributed by atoms with Crippen molar-refractivity contribution >= 4 is 11.6 Å². The van der Waals surface area contributed by atoms with Crippen molar-refractivity contribution in [1.82, 2.24) is 0 Å². The van der Waals surface area contributed by atoms with Gasteiger partial charge in [-0.15, -0.1) is 0 Å². The van der Waals surface area contributed by atoms with Crippen LogP contribution >= 0.6 is 11.6 Å². The molecule has 1 aromatic rings. The van der Waals surface area contributed by atoms with Crippen molar-refractivity contribution in [1.29, 1.82) is 0 Å². The molecule has 1 N–H and O–H groups in total. The fourth-order valence-electron chi connectivity index (χ4n) is 1.47. The highest BCUT2D eigenvalue weighted by atomic mass is 35.5. The molecule has 0 spiro atoms. The Labute approximate surface area is 102 Å². The molecule has 0 bridgehead atoms. The standard InChI is InChI=1S/C13H19ClO2/c1-13(2,16-3)8-7-12(15)10-5-4-6-11(14)9-10/h4-6,9,12,15H,7-8H2,1-3H3. The third kappa shape index (κ3) is 4.12. The van der Waals surface area contributed by atoms with Gasteiger partial charge in [0.05, 0.1) is 11.7 Å². The highest BCUT2D eigenvalue weighted by molar-refractivity contribution is 6.30. The molecule has 0 heterocycles. The number of methoxy groups -OCH3 is 1. The van der Waals surface area contributed by atoms with E-state index in [9.17, 15) is 5.11 Å². The van der Waals surface area contributed by atoms with Crippen LogP contribution in [0.15, 0.2) is 24.3 Å². The van der Waals surface area contributed by atoms with Gasteiger partial charge < -0.3 is 9.84 Å². The van der Waals surface area contributed by atoms with Gasteiger partial charge in [0.15, 0.2) is 0 Å². The highest BCUT2D eigenvalue weighted by Gasteiger charge is 2.18. The molecule has 0 fully saturated rings. The minimum absolute atomic E-state index is 0.195. The molecule has 90 valence electrons. The normalized spacial score (nSPS) is 13.8. The van der Waals surface area contributed by atoms with Crippen LogP contribution in [0.4, 0.5) is 0 Å². The maximum atomic E-state index is 9.99. The Morgan fingerprint density at radius 1 is 1.44 bits per heavy atom. The summed E-state index contributed by atoms with van der Waals surface area (Å²) in [7, 11) is 1.69. The Bertz CT molecular complexity index is 336. The molecule has 0 saturated carbocycles. The van der Waals surface area contributed by atoms with E-state index in [2.05, 4.69) is 0 Å². The van der Waals surface area contributed by atoms with E-state index < -0.39 is 6.10 Å². The first kappa shape index (κ1) is 13.5. The largest absolute Gasteiger partial charge is 0.388 e. The molecule has 0 aliphatic heterocycles. The number of ether oxygens (including phenoxy) is 1. The molecule has 0 saturated heterocycles. The molecule has 0 aliphatic carbocycles. The first-order valence-electron chi connectivity index (χ1n) is 5.43. The van der Waals surface area contributed by atoms with Gasteiger partial charge in [-0.05, 0) is 44.4 Å². The predicted molar refractivity (Wildman–Crippen MR) is 66.7 cm³/mol. The first-order valence-corrected chi connectivity index (χ1v) is 5.81. The van der Waals surface area contributed by atoms with Crippen LogP contribution in [0.3, 0.4) is 0 Å². The van der Waals surface area contributed by atoms with E-state index in [-0.39, 0.29) is 5.60 Å². The number of aliphatic hydroxyl groups excluding tert-OH is 1. The summed E-state index contributed by atoms with van der Waals surface area (Å²) >= 11 is 5.87. The highest BCUT2D eigenvalue weighted by Crippen LogP contribution is 2.25. The van der Waals surface area contributed by atoms with Crippen LogP contribution in [0.25, 0.3) is 0 Å². The summed E-state index contributed by atoms with van der Waals surface area (Å²) < 4.78 is 5.31. The summed E-state index contributed by atoms with van der Waals surface area (Å²) in [6.07, 6.45) is 0.992. The molecule has 2 nitrogen and oxygen atoms in total. The fourth-order valence-corrected chi connectivity index (χ4v) is 1.67. The molecular formula is C13H19ClO2. The van der Waals surface area contributed by atoms with Gasteiger partial charge >= 0.3 is 0 Å². The van der Waals surface area contributed by atoms with E-state index in [1.165, 1.54) is 0 Å². The fraction of sp³-hybridized carbons (Fsp3) is 0.538. The molecule has 1 unspecified atom stereocenters. The quantitative estimate of drug-likeness (QED) is 0.855. The number of benzene rings is 1. The zero-order valence-electron chi connectivity index (χ0n) is 10.0. The van der Waals surface area contributed by atoms with E-state index in [0.717, 1.165) is 12.0 Å². The lowest BCUT2D eigenvalue weighted by Crippen LogP contribution is -2.23. The summed E-state index contributed by atoms with van der Waals surface area (Å²) in [6.45, 7) is 4.02. The van der Waals surface area contributed by atoms with E-state index in [1.807, 2.05) is 26.0 Å². The molecular weight excluding hydrogens is 224 g/mol. The third-order valence-corrected chi connectivity index (χ3v) is 3.04. The van der Waals surface area contributed by atoms with Gasteiger partial charge in [-0.1, -0.05) is 23.7 Å². The van der Waals surface area contributed by atoms with Gasteiger partial charge in [0, 0.05) is 12.1 Å². The summed E-state index contributed by atoms with van der Waals surface area (Å²) in [5.74, 6) is 0. The van der Waals surface area contributed by atoms with Crippen molar-refractivity contribution in [3.8, 4) is 0 Å². The molecule has 0 radical (unpaired) electrons. The monoisotopic (exact) mass is 242 g/mol. The van der Waals surface area contributed by atoms with Crippen molar-refractivity contribution in [2.45, 2.75) is 38.4 Å². The zero-order valence-corrected chi connectivity index (χ0v) is 10.8. The second-order valence-electron chi connectivity index (χ2n) is 4.57. The summed E-state index contributed by atoms with van der Waals surface area (Å²) in [4.78, 5) is 0. The van der Waals surface area contributed by atoms with Crippen LogP contribution in [0.2, 0.25) is 5.02 Å². The Kier molecular flexibility index (Phi) is 4.78. The maximum Gasteiger partial charge on any atom is 0.0791 e. The predicted octanol–water partition coefficient (Wildman–Crippen LogP) is 3.58. The van der Waals surface area contributed by atoms with Crippen molar-refractivity contribution < 1.29 is 9.84 Å². The van der Waals surface area contributed by atoms with Crippen LogP contribution < -0.4 is 0 Å². The Hall–Kier alpha value is -0.570. The van der Waals surface area contributed by atoms with Crippen molar-refractivity contribution in [2.24, 2.45) is 0 Å². The molecule has 3 heteroatoms. The molecule has 0 aromatic heterocycles. The van der Waals surface area contributed by atoms with Crippen molar-refractivity contribution in [3.05, 3.63) is 34.9 Å². The summed E-state index contributed by atoms with van der Waals surface area (Å²) in [5, 5.41) is 10.6. The molecule has 1 atom stereocenters. The van der Waals surface area contributed by atoms with Crippen molar-refractivity contribution in [2.75, 3.05) is 7.11 Å². The number of aliphatic hydroxyl groups is 1. The van der Waals surface area contributed by atoms with Crippen LogP contribution in [0.1, 0.15) is 38.4 Å². The summed E-state index contributed by atoms with van der Waals surface area (Å²) in [6, 6.07) is 7.33. The first-order chi connectivity index (χ1) is 7.44. The topological polar surface area (TPSA) is 29.5 Å². The molecule has 16 heavy (non-hydrogen) atoms. The van der Waals surface area contributed by atoms with Gasteiger partial charge in [-0.2, -0.15) is 0 Å². The number of rotatable bonds is 5. The van der Waals surface area contributed by atoms with Gasteiger partial charge in [-0.25, -0.2) is 0 Å². The molecule has 0 aliphatic rings. The van der Waals surface area contributed by atoms with E-state index >= 15 is 0 Å². The van der Waals surface area contributed by atoms with Gasteiger partial charge in [0.2, 0.25) is 0 Å². The number of hydrogen-bond acceptors (Lipinski definition) is 2. The summed E-state index contributed by atoms with van der Waals surface area (Å²) in [5.41, 5.74) is 0.666. The molecule has 1 rings (SSSR count). The average molecular weight is 243 g/mol. The lowest BCUT2D eigenvalue weighted by Gasteiger charge is -2.24. The lowest BCUT2D eigenvalue weighted by atomic mass is 9.97. The Morgan fingerprint density at radius 3 is 2.69 bits per heavy atom. The van der Waals surface area contributed by atoms with Gasteiger partial charge in [0.25, 0.3) is 0 Å². The molecule has 0 amide bonds.